The van der Waals surface area contributed by atoms with Gasteiger partial charge >= 0.3 is 0 Å². The lowest BCUT2D eigenvalue weighted by atomic mass is 9.98. The van der Waals surface area contributed by atoms with Gasteiger partial charge in [0.05, 0.1) is 0 Å². The molecule has 0 aliphatic carbocycles. The van der Waals surface area contributed by atoms with Crippen LogP contribution in [0.5, 0.6) is 0 Å². The molecule has 1 aromatic heterocycles. The molecule has 2 amide bonds. The van der Waals surface area contributed by atoms with Crippen LogP contribution in [0, 0.1) is 0 Å². The number of hydrogen-bond donors (Lipinski definition) is 2. The Bertz CT molecular complexity index is 1050. The van der Waals surface area contributed by atoms with E-state index in [4.69, 9.17) is 0 Å². The zero-order valence-electron chi connectivity index (χ0n) is 16.9. The maximum atomic E-state index is 12.4. The molecule has 1 aliphatic heterocycles. The number of pyridine rings is 1. The van der Waals surface area contributed by atoms with E-state index < -0.39 is 0 Å². The fourth-order valence-electron chi connectivity index (χ4n) is 3.69. The van der Waals surface area contributed by atoms with Gasteiger partial charge in [-0.05, 0) is 59.5 Å². The van der Waals surface area contributed by atoms with E-state index in [2.05, 4.69) is 32.7 Å². The Morgan fingerprint density at radius 3 is 2.40 bits per heavy atom. The molecule has 0 atom stereocenters. The van der Waals surface area contributed by atoms with E-state index in [-0.39, 0.29) is 11.8 Å². The number of carbonyl (C=O) groups is 2. The zero-order valence-corrected chi connectivity index (χ0v) is 16.9. The summed E-state index contributed by atoms with van der Waals surface area (Å²) in [6.07, 6.45) is 4.21. The van der Waals surface area contributed by atoms with Crippen LogP contribution in [-0.2, 0) is 24.3 Å². The molecule has 0 radical (unpaired) electrons. The van der Waals surface area contributed by atoms with Crippen molar-refractivity contribution in [3.63, 3.8) is 0 Å². The third-order valence-electron chi connectivity index (χ3n) is 5.18. The number of carbonyl (C=O) groups excluding carboxylic acids is 2. The normalized spacial score (nSPS) is 13.4. The first kappa shape index (κ1) is 19.8. The van der Waals surface area contributed by atoms with Crippen molar-refractivity contribution in [3.8, 4) is 0 Å². The molecule has 0 unspecified atom stereocenters. The number of amides is 2. The fraction of sp³-hybridized carbons (Fsp3) is 0.208. The molecule has 0 saturated heterocycles. The molecule has 0 spiro atoms. The summed E-state index contributed by atoms with van der Waals surface area (Å²) in [5, 5.41) is 5.77. The second-order valence-corrected chi connectivity index (χ2v) is 7.51. The molecule has 2 aromatic carbocycles. The maximum Gasteiger partial charge on any atom is 0.255 e. The molecule has 6 heteroatoms. The molecule has 30 heavy (non-hydrogen) atoms. The van der Waals surface area contributed by atoms with Crippen molar-refractivity contribution in [2.24, 2.45) is 0 Å². The van der Waals surface area contributed by atoms with Crippen LogP contribution < -0.4 is 10.6 Å². The van der Waals surface area contributed by atoms with Crippen LogP contribution >= 0.6 is 0 Å². The van der Waals surface area contributed by atoms with Gasteiger partial charge in [0.15, 0.2) is 0 Å². The molecular formula is C24H24N4O2. The number of nitrogens with zero attached hydrogens (tertiary/aromatic N) is 2. The highest BCUT2D eigenvalue weighted by atomic mass is 16.2. The molecule has 0 bridgehead atoms. The van der Waals surface area contributed by atoms with Gasteiger partial charge in [0.1, 0.15) is 0 Å². The lowest BCUT2D eigenvalue weighted by Crippen LogP contribution is -2.30. The van der Waals surface area contributed by atoms with Gasteiger partial charge in [-0.3, -0.25) is 19.5 Å². The van der Waals surface area contributed by atoms with Crippen molar-refractivity contribution in [2.75, 3.05) is 17.2 Å². The zero-order chi connectivity index (χ0) is 20.9. The first-order valence-electron chi connectivity index (χ1n) is 9.99. The van der Waals surface area contributed by atoms with Gasteiger partial charge in [0, 0.05) is 55.9 Å². The number of benzene rings is 2. The van der Waals surface area contributed by atoms with Gasteiger partial charge in [0.25, 0.3) is 5.91 Å². The van der Waals surface area contributed by atoms with E-state index in [0.717, 1.165) is 37.4 Å². The first-order valence-corrected chi connectivity index (χ1v) is 9.99. The molecule has 0 saturated carbocycles. The Morgan fingerprint density at radius 2 is 1.67 bits per heavy atom. The van der Waals surface area contributed by atoms with E-state index in [1.54, 1.807) is 24.5 Å². The number of fused-ring (bicyclic) bond motifs is 1. The van der Waals surface area contributed by atoms with E-state index in [0.29, 0.717) is 5.56 Å². The molecule has 0 fully saturated rings. The predicted octanol–water partition coefficient (Wildman–Crippen LogP) is 3.85. The van der Waals surface area contributed by atoms with Crippen LogP contribution in [0.3, 0.4) is 0 Å². The van der Waals surface area contributed by atoms with E-state index in [1.807, 2.05) is 30.3 Å². The highest BCUT2D eigenvalue weighted by Crippen LogP contribution is 2.24. The first-order chi connectivity index (χ1) is 14.6. The van der Waals surface area contributed by atoms with Crippen molar-refractivity contribution in [3.05, 3.63) is 89.2 Å². The summed E-state index contributed by atoms with van der Waals surface area (Å²) in [6, 6.07) is 17.5. The Morgan fingerprint density at radius 1 is 0.933 bits per heavy atom. The van der Waals surface area contributed by atoms with Crippen LogP contribution in [0.2, 0.25) is 0 Å². The molecule has 2 N–H and O–H groups in total. The van der Waals surface area contributed by atoms with Gasteiger partial charge in [-0.15, -0.1) is 0 Å². The Balaban J connectivity index is 1.41. The smallest absolute Gasteiger partial charge is 0.255 e. The van der Waals surface area contributed by atoms with E-state index in [9.17, 15) is 9.59 Å². The van der Waals surface area contributed by atoms with E-state index >= 15 is 0 Å². The minimum Gasteiger partial charge on any atom is -0.326 e. The maximum absolute atomic E-state index is 12.4. The number of hydrogen-bond acceptors (Lipinski definition) is 4. The molecule has 2 heterocycles. The highest BCUT2D eigenvalue weighted by molar-refractivity contribution is 6.04. The predicted molar refractivity (Wildman–Crippen MR) is 117 cm³/mol. The molecule has 152 valence electrons. The van der Waals surface area contributed by atoms with Gasteiger partial charge in [0.2, 0.25) is 5.91 Å². The topological polar surface area (TPSA) is 74.3 Å². The Kier molecular flexibility index (Phi) is 5.86. The van der Waals surface area contributed by atoms with Crippen molar-refractivity contribution in [2.45, 2.75) is 26.4 Å². The van der Waals surface area contributed by atoms with Crippen LogP contribution in [-0.4, -0.2) is 28.2 Å². The second-order valence-electron chi connectivity index (χ2n) is 7.51. The lowest BCUT2D eigenvalue weighted by molar-refractivity contribution is -0.114. The molecule has 3 aromatic rings. The minimum absolute atomic E-state index is 0.0674. The van der Waals surface area contributed by atoms with Gasteiger partial charge in [-0.25, -0.2) is 0 Å². The lowest BCUT2D eigenvalue weighted by Gasteiger charge is -2.29. The standard InChI is InChI=1S/C24H24N4O2/c1-17(29)26-22-5-2-18(3-6-22)15-28-13-10-19-4-7-23(14-21(19)16-28)27-24(30)20-8-11-25-12-9-20/h2-9,11-12,14H,10,13,15-16H2,1H3,(H,26,29)(H,27,30). The average molecular weight is 400 g/mol. The molecule has 1 aliphatic rings. The van der Waals surface area contributed by atoms with Gasteiger partial charge < -0.3 is 10.6 Å². The molecule has 4 rings (SSSR count). The van der Waals surface area contributed by atoms with Crippen LogP contribution in [0.1, 0.15) is 34.0 Å². The summed E-state index contributed by atoms with van der Waals surface area (Å²) >= 11 is 0. The number of anilines is 2. The van der Waals surface area contributed by atoms with Gasteiger partial charge in [-0.2, -0.15) is 0 Å². The largest absolute Gasteiger partial charge is 0.326 e. The van der Waals surface area contributed by atoms with Gasteiger partial charge in [-0.1, -0.05) is 18.2 Å². The van der Waals surface area contributed by atoms with Crippen molar-refractivity contribution in [1.29, 1.82) is 0 Å². The summed E-state index contributed by atoms with van der Waals surface area (Å²) in [4.78, 5) is 29.9. The van der Waals surface area contributed by atoms with Crippen molar-refractivity contribution >= 4 is 23.2 Å². The SMILES string of the molecule is CC(=O)Nc1ccc(CN2CCc3ccc(NC(=O)c4ccncc4)cc3C2)cc1. The summed E-state index contributed by atoms with van der Waals surface area (Å²) in [5.41, 5.74) is 5.97. The third-order valence-corrected chi connectivity index (χ3v) is 5.18. The Labute approximate surface area is 175 Å². The third kappa shape index (κ3) is 4.90. The van der Waals surface area contributed by atoms with Crippen LogP contribution in [0.15, 0.2) is 67.0 Å². The quantitative estimate of drug-likeness (QED) is 0.682. The molecular weight excluding hydrogens is 376 g/mol. The second kappa shape index (κ2) is 8.88. The van der Waals surface area contributed by atoms with Crippen LogP contribution in [0.25, 0.3) is 0 Å². The number of aromatic nitrogens is 1. The van der Waals surface area contributed by atoms with Crippen molar-refractivity contribution in [1.82, 2.24) is 9.88 Å². The number of rotatable bonds is 5. The summed E-state index contributed by atoms with van der Waals surface area (Å²) in [5.74, 6) is -0.202. The van der Waals surface area contributed by atoms with Crippen LogP contribution in [0.4, 0.5) is 11.4 Å². The minimum atomic E-state index is -0.135. The Hall–Kier alpha value is -3.51. The van der Waals surface area contributed by atoms with Crippen molar-refractivity contribution < 1.29 is 9.59 Å². The monoisotopic (exact) mass is 400 g/mol. The summed E-state index contributed by atoms with van der Waals surface area (Å²) in [7, 11) is 0. The summed E-state index contributed by atoms with van der Waals surface area (Å²) in [6.45, 7) is 4.17. The number of nitrogens with one attached hydrogen (secondary N) is 2. The highest BCUT2D eigenvalue weighted by Gasteiger charge is 2.17. The average Bonchev–Trinajstić information content (AvgIpc) is 2.75. The fourth-order valence-corrected chi connectivity index (χ4v) is 3.69. The van der Waals surface area contributed by atoms with E-state index in [1.165, 1.54) is 23.6 Å². The molecule has 6 nitrogen and oxygen atoms in total. The summed E-state index contributed by atoms with van der Waals surface area (Å²) < 4.78 is 0.